The first kappa shape index (κ1) is 8.32. The Morgan fingerprint density at radius 3 is 2.56 bits per heavy atom. The topological polar surface area (TPSA) is 9.23 Å². The highest BCUT2D eigenvalue weighted by molar-refractivity contribution is 4.86. The summed E-state index contributed by atoms with van der Waals surface area (Å²) in [4.78, 5) is 0. The number of allylic oxidation sites excluding steroid dienone is 1. The van der Waals surface area contributed by atoms with Gasteiger partial charge in [-0.15, -0.1) is 0 Å². The summed E-state index contributed by atoms with van der Waals surface area (Å²) < 4.78 is 5.23. The van der Waals surface area contributed by atoms with Gasteiger partial charge in [-0.2, -0.15) is 0 Å². The van der Waals surface area contributed by atoms with Gasteiger partial charge in [-0.05, 0) is 6.42 Å². The Hall–Kier alpha value is -0.680. The van der Waals surface area contributed by atoms with E-state index in [0.717, 1.165) is 25.2 Å². The minimum absolute atomic E-state index is 0.783. The minimum Gasteiger partial charge on any atom is -0.490 e. The molecule has 0 N–H and O–H groups in total. The smallest absolute Gasteiger partial charge is 0.137 e. The molecule has 0 unspecified atom stereocenters. The van der Waals surface area contributed by atoms with E-state index in [2.05, 4.69) is 19.2 Å². The Morgan fingerprint density at radius 2 is 2.22 bits per heavy atom. The van der Waals surface area contributed by atoms with Crippen LogP contribution in [0.3, 0.4) is 0 Å². The van der Waals surface area contributed by atoms with Gasteiger partial charge in [0, 0.05) is 6.42 Å². The molecule has 1 heteroatoms. The molecule has 0 saturated carbocycles. The summed E-state index contributed by atoms with van der Waals surface area (Å²) in [5.74, 6) is 0.872. The second kappa shape index (κ2) is 5.46. The van der Waals surface area contributed by atoms with E-state index in [-0.39, 0.29) is 0 Å². The van der Waals surface area contributed by atoms with Gasteiger partial charge in [-0.3, -0.25) is 0 Å². The summed E-state index contributed by atoms with van der Waals surface area (Å²) in [6.07, 6.45) is 1.94. The third-order valence-electron chi connectivity index (χ3n) is 0.999. The van der Waals surface area contributed by atoms with Crippen LogP contribution in [0.15, 0.2) is 18.1 Å². The third-order valence-corrected chi connectivity index (χ3v) is 0.999. The van der Waals surface area contributed by atoms with Crippen molar-refractivity contribution in [1.82, 2.24) is 0 Å². The second-order valence-electron chi connectivity index (χ2n) is 1.80. The predicted octanol–water partition coefficient (Wildman–Crippen LogP) is 2.49. The van der Waals surface area contributed by atoms with Crippen LogP contribution >= 0.6 is 0 Å². The average Bonchev–Trinajstić information content (AvgIpc) is 1.91. The Bertz CT molecular complexity index is 110. The maximum absolute atomic E-state index is 5.23. The fraction of sp³-hybridized carbons (Fsp3) is 0.625. The maximum Gasteiger partial charge on any atom is 0.137 e. The molecule has 52 valence electrons. The van der Waals surface area contributed by atoms with E-state index in [1.807, 2.05) is 6.92 Å². The Balaban J connectivity index is 3.45. The second-order valence-corrected chi connectivity index (χ2v) is 1.80. The van der Waals surface area contributed by atoms with Crippen LogP contribution in [-0.2, 0) is 4.74 Å². The zero-order chi connectivity index (χ0) is 7.11. The molecule has 0 fully saturated rings. The summed E-state index contributed by atoms with van der Waals surface area (Å²) in [6.45, 7) is 8.39. The standard InChI is InChI=1S/C8H14O/c1-4-7-9-8(5-2)6-3/h2,4,6-7H2,1,3H3. The average molecular weight is 126 g/mol. The van der Waals surface area contributed by atoms with Crippen LogP contribution in [0.4, 0.5) is 0 Å². The van der Waals surface area contributed by atoms with Crippen LogP contribution in [0.1, 0.15) is 26.7 Å². The Morgan fingerprint density at radius 1 is 1.56 bits per heavy atom. The van der Waals surface area contributed by atoms with Gasteiger partial charge in [0.1, 0.15) is 5.76 Å². The lowest BCUT2D eigenvalue weighted by atomic mass is 10.4. The summed E-state index contributed by atoms with van der Waals surface area (Å²) in [7, 11) is 0. The molecule has 0 heterocycles. The number of ether oxygens (including phenoxy) is 1. The van der Waals surface area contributed by atoms with Crippen molar-refractivity contribution in [3.05, 3.63) is 18.1 Å². The van der Waals surface area contributed by atoms with Crippen LogP contribution < -0.4 is 0 Å². The zero-order valence-corrected chi connectivity index (χ0v) is 6.24. The van der Waals surface area contributed by atoms with Crippen molar-refractivity contribution in [1.29, 1.82) is 0 Å². The van der Waals surface area contributed by atoms with Crippen molar-refractivity contribution >= 4 is 0 Å². The minimum atomic E-state index is 0.783. The van der Waals surface area contributed by atoms with E-state index >= 15 is 0 Å². The first-order chi connectivity index (χ1) is 4.35. The number of hydrogen-bond acceptors (Lipinski definition) is 1. The van der Waals surface area contributed by atoms with Crippen molar-refractivity contribution in [3.63, 3.8) is 0 Å². The van der Waals surface area contributed by atoms with Gasteiger partial charge in [0.15, 0.2) is 0 Å². The molecule has 0 aromatic heterocycles. The molecule has 0 aliphatic rings. The molecule has 0 radical (unpaired) electrons. The molecule has 0 rings (SSSR count). The molecule has 0 aromatic rings. The summed E-state index contributed by atoms with van der Waals surface area (Å²) in [5.41, 5.74) is 2.73. The fourth-order valence-electron chi connectivity index (χ4n) is 0.503. The fourth-order valence-corrected chi connectivity index (χ4v) is 0.503. The lowest BCUT2D eigenvalue weighted by Crippen LogP contribution is -1.90. The Labute approximate surface area is 57.0 Å². The summed E-state index contributed by atoms with van der Waals surface area (Å²) in [6, 6.07) is 0. The van der Waals surface area contributed by atoms with E-state index in [9.17, 15) is 0 Å². The molecule has 9 heavy (non-hydrogen) atoms. The first-order valence-corrected chi connectivity index (χ1v) is 3.36. The van der Waals surface area contributed by atoms with Crippen LogP contribution in [0.25, 0.3) is 0 Å². The monoisotopic (exact) mass is 126 g/mol. The molecular formula is C8H14O. The molecule has 0 bridgehead atoms. The van der Waals surface area contributed by atoms with Gasteiger partial charge in [0.05, 0.1) is 6.61 Å². The van der Waals surface area contributed by atoms with E-state index in [4.69, 9.17) is 4.74 Å². The van der Waals surface area contributed by atoms with Crippen molar-refractivity contribution in [2.45, 2.75) is 26.7 Å². The molecule has 0 aliphatic carbocycles. The summed E-state index contributed by atoms with van der Waals surface area (Å²) >= 11 is 0. The molecule has 0 aliphatic heterocycles. The van der Waals surface area contributed by atoms with Crippen LogP contribution in [0.5, 0.6) is 0 Å². The molecule has 0 aromatic carbocycles. The molecular weight excluding hydrogens is 112 g/mol. The molecule has 0 spiro atoms. The predicted molar refractivity (Wildman–Crippen MR) is 39.2 cm³/mol. The number of rotatable bonds is 4. The van der Waals surface area contributed by atoms with Crippen molar-refractivity contribution in [2.24, 2.45) is 0 Å². The van der Waals surface area contributed by atoms with E-state index in [1.165, 1.54) is 0 Å². The Kier molecular flexibility index (Phi) is 5.04. The van der Waals surface area contributed by atoms with Crippen molar-refractivity contribution < 1.29 is 4.74 Å². The highest BCUT2D eigenvalue weighted by atomic mass is 16.5. The van der Waals surface area contributed by atoms with Crippen LogP contribution in [-0.4, -0.2) is 6.61 Å². The molecule has 0 saturated heterocycles. The summed E-state index contributed by atoms with van der Waals surface area (Å²) in [5, 5.41) is 0. The van der Waals surface area contributed by atoms with Gasteiger partial charge >= 0.3 is 0 Å². The quantitative estimate of drug-likeness (QED) is 0.415. The van der Waals surface area contributed by atoms with Gasteiger partial charge < -0.3 is 4.74 Å². The van der Waals surface area contributed by atoms with E-state index in [1.54, 1.807) is 0 Å². The van der Waals surface area contributed by atoms with Gasteiger partial charge in [0.2, 0.25) is 0 Å². The third kappa shape index (κ3) is 3.87. The van der Waals surface area contributed by atoms with E-state index in [0.29, 0.717) is 0 Å². The van der Waals surface area contributed by atoms with Crippen molar-refractivity contribution in [3.8, 4) is 0 Å². The van der Waals surface area contributed by atoms with Gasteiger partial charge in [0.25, 0.3) is 0 Å². The van der Waals surface area contributed by atoms with Crippen LogP contribution in [0, 0.1) is 0 Å². The van der Waals surface area contributed by atoms with Gasteiger partial charge in [-0.1, -0.05) is 26.2 Å². The zero-order valence-electron chi connectivity index (χ0n) is 6.24. The highest BCUT2D eigenvalue weighted by Gasteiger charge is 1.88. The van der Waals surface area contributed by atoms with Crippen LogP contribution in [0.2, 0.25) is 0 Å². The molecule has 0 atom stereocenters. The first-order valence-electron chi connectivity index (χ1n) is 3.36. The highest BCUT2D eigenvalue weighted by Crippen LogP contribution is 1.99. The normalized spacial score (nSPS) is 8.22. The largest absolute Gasteiger partial charge is 0.490 e. The maximum atomic E-state index is 5.23. The molecule has 1 nitrogen and oxygen atoms in total. The SMILES string of the molecule is C=C=C(CC)OCCC. The lowest BCUT2D eigenvalue weighted by molar-refractivity contribution is 0.206. The lowest BCUT2D eigenvalue weighted by Gasteiger charge is -2.02. The van der Waals surface area contributed by atoms with E-state index < -0.39 is 0 Å². The number of hydrogen-bond donors (Lipinski definition) is 0. The molecule has 0 amide bonds. The van der Waals surface area contributed by atoms with Gasteiger partial charge in [-0.25, -0.2) is 0 Å². The van der Waals surface area contributed by atoms with Crippen molar-refractivity contribution in [2.75, 3.05) is 6.61 Å².